The number of nitrogens with zero attached hydrogens (tertiary/aromatic N) is 5. The van der Waals surface area contributed by atoms with Gasteiger partial charge in [0.25, 0.3) is 0 Å². The van der Waals surface area contributed by atoms with Gasteiger partial charge in [-0.05, 0) is 41.9 Å². The lowest BCUT2D eigenvalue weighted by atomic mass is 10.2. The quantitative estimate of drug-likeness (QED) is 0.858. The van der Waals surface area contributed by atoms with Gasteiger partial charge in [-0.1, -0.05) is 6.92 Å². The Kier molecular flexibility index (Phi) is 3.94. The Morgan fingerprint density at radius 1 is 1.50 bits per heavy atom. The Hall–Kier alpha value is -1.14. The molecule has 20 heavy (non-hydrogen) atoms. The first-order valence-electron chi connectivity index (χ1n) is 7.13. The highest BCUT2D eigenvalue weighted by Crippen LogP contribution is 2.23. The molecule has 5 nitrogen and oxygen atoms in total. The Balaban J connectivity index is 1.85. The molecule has 1 aliphatic heterocycles. The minimum absolute atomic E-state index is 0.626. The minimum atomic E-state index is 0.626. The van der Waals surface area contributed by atoms with Gasteiger partial charge in [0.15, 0.2) is 11.5 Å². The van der Waals surface area contributed by atoms with E-state index in [2.05, 4.69) is 49.7 Å². The number of hydrogen-bond acceptors (Lipinski definition) is 4. The molecule has 2 aromatic rings. The molecule has 0 aliphatic carbocycles. The van der Waals surface area contributed by atoms with E-state index >= 15 is 0 Å². The predicted octanol–water partition coefficient (Wildman–Crippen LogP) is 2.41. The zero-order chi connectivity index (χ0) is 14.1. The molecule has 1 aliphatic rings. The first kappa shape index (κ1) is 13.8. The van der Waals surface area contributed by atoms with Gasteiger partial charge in [-0.15, -0.1) is 0 Å². The van der Waals surface area contributed by atoms with Crippen molar-refractivity contribution in [3.8, 4) is 0 Å². The van der Waals surface area contributed by atoms with Crippen molar-refractivity contribution in [3.05, 3.63) is 23.2 Å². The van der Waals surface area contributed by atoms with Crippen molar-refractivity contribution in [1.82, 2.24) is 19.3 Å². The number of likely N-dealkylation sites (tertiary alicyclic amines) is 1. The van der Waals surface area contributed by atoms with Crippen LogP contribution in [-0.2, 0) is 0 Å². The van der Waals surface area contributed by atoms with E-state index in [4.69, 9.17) is 0 Å². The van der Waals surface area contributed by atoms with Gasteiger partial charge in [-0.3, -0.25) is 4.90 Å². The average Bonchev–Trinajstić information content (AvgIpc) is 3.05. The monoisotopic (exact) mass is 337 g/mol. The number of likely N-dealkylation sites (N-methyl/N-ethyl adjacent to an activating group) is 2. The molecule has 3 rings (SSSR count). The number of imidazole rings is 1. The Labute approximate surface area is 127 Å². The number of anilines is 1. The van der Waals surface area contributed by atoms with Crippen molar-refractivity contribution in [3.63, 3.8) is 0 Å². The van der Waals surface area contributed by atoms with Crippen LogP contribution in [0, 0.1) is 0 Å². The smallest absolute Gasteiger partial charge is 0.180 e. The first-order chi connectivity index (χ1) is 9.69. The highest BCUT2D eigenvalue weighted by Gasteiger charge is 2.25. The molecule has 0 radical (unpaired) electrons. The van der Waals surface area contributed by atoms with E-state index in [0.717, 1.165) is 29.2 Å². The van der Waals surface area contributed by atoms with Gasteiger partial charge in [0, 0.05) is 38.2 Å². The minimum Gasteiger partial charge on any atom is -0.355 e. The molecule has 0 amide bonds. The average molecular weight is 338 g/mol. The Morgan fingerprint density at radius 3 is 3.15 bits per heavy atom. The number of fused-ring (bicyclic) bond motifs is 1. The fourth-order valence-electron chi connectivity index (χ4n) is 3.06. The van der Waals surface area contributed by atoms with Crippen molar-refractivity contribution < 1.29 is 0 Å². The molecule has 6 heteroatoms. The van der Waals surface area contributed by atoms with Crippen LogP contribution in [0.1, 0.15) is 19.8 Å². The Morgan fingerprint density at radius 2 is 2.35 bits per heavy atom. The summed E-state index contributed by atoms with van der Waals surface area (Å²) in [5, 5.41) is 0. The van der Waals surface area contributed by atoms with Gasteiger partial charge >= 0.3 is 0 Å². The molecule has 0 aromatic carbocycles. The summed E-state index contributed by atoms with van der Waals surface area (Å²) in [6.07, 6.45) is 8.28. The second-order valence-corrected chi connectivity index (χ2v) is 6.16. The van der Waals surface area contributed by atoms with E-state index < -0.39 is 0 Å². The van der Waals surface area contributed by atoms with Crippen LogP contribution in [0.4, 0.5) is 5.82 Å². The van der Waals surface area contributed by atoms with E-state index in [1.807, 2.05) is 23.0 Å². The molecule has 0 bridgehead atoms. The molecule has 1 unspecified atom stereocenters. The highest BCUT2D eigenvalue weighted by molar-refractivity contribution is 9.10. The van der Waals surface area contributed by atoms with E-state index in [9.17, 15) is 0 Å². The lowest BCUT2D eigenvalue weighted by molar-refractivity contribution is 0.270. The standard InChI is InChI=1S/C14H20BrN5/c1-3-19-7-4-5-11(19)9-18(2)14-13-16-6-8-20(13)10-12(15)17-14/h6,8,10-11H,3-5,7,9H2,1-2H3. The van der Waals surface area contributed by atoms with Gasteiger partial charge in [0.2, 0.25) is 0 Å². The van der Waals surface area contributed by atoms with Crippen LogP contribution in [0.25, 0.3) is 5.65 Å². The second kappa shape index (κ2) is 5.69. The number of rotatable bonds is 4. The maximum Gasteiger partial charge on any atom is 0.180 e. The van der Waals surface area contributed by atoms with Crippen LogP contribution in [-0.4, -0.2) is 52.0 Å². The summed E-state index contributed by atoms with van der Waals surface area (Å²) >= 11 is 3.48. The van der Waals surface area contributed by atoms with Crippen LogP contribution in [0.5, 0.6) is 0 Å². The first-order valence-corrected chi connectivity index (χ1v) is 7.92. The second-order valence-electron chi connectivity index (χ2n) is 5.35. The molecular weight excluding hydrogens is 318 g/mol. The van der Waals surface area contributed by atoms with Gasteiger partial charge in [-0.25, -0.2) is 9.97 Å². The van der Waals surface area contributed by atoms with Crippen molar-refractivity contribution in [2.45, 2.75) is 25.8 Å². The fraction of sp³-hybridized carbons (Fsp3) is 0.571. The highest BCUT2D eigenvalue weighted by atomic mass is 79.9. The van der Waals surface area contributed by atoms with Gasteiger partial charge < -0.3 is 9.30 Å². The van der Waals surface area contributed by atoms with E-state index in [0.29, 0.717) is 6.04 Å². The number of hydrogen-bond donors (Lipinski definition) is 0. The zero-order valence-corrected chi connectivity index (χ0v) is 13.5. The van der Waals surface area contributed by atoms with E-state index in [1.165, 1.54) is 19.4 Å². The topological polar surface area (TPSA) is 36.7 Å². The van der Waals surface area contributed by atoms with Crippen LogP contribution >= 0.6 is 15.9 Å². The lowest BCUT2D eigenvalue weighted by Gasteiger charge is -2.28. The van der Waals surface area contributed by atoms with Crippen molar-refractivity contribution in [2.24, 2.45) is 0 Å². The van der Waals surface area contributed by atoms with E-state index in [-0.39, 0.29) is 0 Å². The molecule has 0 spiro atoms. The molecular formula is C14H20BrN5. The summed E-state index contributed by atoms with van der Waals surface area (Å²) in [6.45, 7) is 5.59. The summed E-state index contributed by atoms with van der Waals surface area (Å²) in [7, 11) is 2.11. The van der Waals surface area contributed by atoms with Crippen LogP contribution < -0.4 is 4.90 Å². The predicted molar refractivity (Wildman–Crippen MR) is 84.2 cm³/mol. The third kappa shape index (κ3) is 2.54. The molecule has 0 saturated carbocycles. The summed E-state index contributed by atoms with van der Waals surface area (Å²) in [4.78, 5) is 13.8. The largest absolute Gasteiger partial charge is 0.355 e. The third-order valence-corrected chi connectivity index (χ3v) is 4.46. The number of aromatic nitrogens is 3. The molecule has 0 N–H and O–H groups in total. The van der Waals surface area contributed by atoms with Crippen LogP contribution in [0.2, 0.25) is 0 Å². The van der Waals surface area contributed by atoms with Crippen molar-refractivity contribution >= 4 is 27.4 Å². The van der Waals surface area contributed by atoms with Crippen LogP contribution in [0.15, 0.2) is 23.2 Å². The molecule has 1 fully saturated rings. The summed E-state index contributed by atoms with van der Waals surface area (Å²) < 4.78 is 2.85. The zero-order valence-electron chi connectivity index (χ0n) is 12.0. The third-order valence-electron chi connectivity index (χ3n) is 4.08. The summed E-state index contributed by atoms with van der Waals surface area (Å²) in [5.74, 6) is 0.937. The van der Waals surface area contributed by atoms with Gasteiger partial charge in [0.05, 0.1) is 0 Å². The molecule has 108 valence electrons. The molecule has 3 heterocycles. The summed E-state index contributed by atoms with van der Waals surface area (Å²) in [6, 6.07) is 0.626. The summed E-state index contributed by atoms with van der Waals surface area (Å²) in [5.41, 5.74) is 0.914. The molecule has 1 saturated heterocycles. The normalized spacial score (nSPS) is 19.9. The van der Waals surface area contributed by atoms with Gasteiger partial charge in [-0.2, -0.15) is 0 Å². The molecule has 2 aromatic heterocycles. The van der Waals surface area contributed by atoms with Crippen LogP contribution in [0.3, 0.4) is 0 Å². The Bertz CT molecular complexity index is 596. The maximum atomic E-state index is 4.61. The molecule has 1 atom stereocenters. The maximum absolute atomic E-state index is 4.61. The van der Waals surface area contributed by atoms with Gasteiger partial charge in [0.1, 0.15) is 4.60 Å². The van der Waals surface area contributed by atoms with Crippen molar-refractivity contribution in [1.29, 1.82) is 0 Å². The van der Waals surface area contributed by atoms with Crippen molar-refractivity contribution in [2.75, 3.05) is 31.6 Å². The SMILES string of the molecule is CCN1CCCC1CN(C)c1nc(Br)cn2ccnc12. The lowest BCUT2D eigenvalue weighted by Crippen LogP contribution is -2.39. The fourth-order valence-corrected chi connectivity index (χ4v) is 3.45. The van der Waals surface area contributed by atoms with E-state index in [1.54, 1.807) is 0 Å². The number of halogens is 1.